The monoisotopic (exact) mass is 292 g/mol. The molecule has 0 aliphatic carbocycles. The fraction of sp³-hybridized carbons (Fsp3) is 0.429. The van der Waals surface area contributed by atoms with Gasteiger partial charge in [-0.1, -0.05) is 0 Å². The van der Waals surface area contributed by atoms with Crippen LogP contribution in [0.15, 0.2) is 44.3 Å². The first-order valence-corrected chi connectivity index (χ1v) is 7.21. The molecule has 86 valence electrons. The van der Waals surface area contributed by atoms with Crippen molar-refractivity contribution >= 4 is 0 Å². The fourth-order valence-corrected chi connectivity index (χ4v) is 2.61. The van der Waals surface area contributed by atoms with Gasteiger partial charge in [-0.15, -0.1) is 0 Å². The first-order valence-electron chi connectivity index (χ1n) is 5.34. The second kappa shape index (κ2) is 8.86. The van der Waals surface area contributed by atoms with Crippen LogP contribution in [0.4, 0.5) is 0 Å². The zero-order valence-electron chi connectivity index (χ0n) is 10.4. The van der Waals surface area contributed by atoms with Crippen molar-refractivity contribution in [3.63, 3.8) is 0 Å². The van der Waals surface area contributed by atoms with Crippen molar-refractivity contribution in [3.8, 4) is 0 Å². The third-order valence-corrected chi connectivity index (χ3v) is 4.24. The van der Waals surface area contributed by atoms with E-state index in [-0.39, 0.29) is 17.1 Å². The summed E-state index contributed by atoms with van der Waals surface area (Å²) in [5.74, 6) is 0. The molecular weight excluding hydrogens is 269 g/mol. The number of hydrogen-bond donors (Lipinski definition) is 0. The molecule has 0 aromatic rings. The van der Waals surface area contributed by atoms with Crippen molar-refractivity contribution in [2.24, 2.45) is 0 Å². The Labute approximate surface area is 102 Å². The van der Waals surface area contributed by atoms with Crippen LogP contribution in [0.2, 0.25) is 0 Å². The molecule has 1 heteroatoms. The van der Waals surface area contributed by atoms with E-state index in [0.29, 0.717) is 0 Å². The molecular formula is C14H22Ru. The van der Waals surface area contributed by atoms with Gasteiger partial charge in [0.15, 0.2) is 0 Å². The van der Waals surface area contributed by atoms with Crippen LogP contribution in [0.3, 0.4) is 0 Å². The van der Waals surface area contributed by atoms with Gasteiger partial charge in [-0.05, 0) is 0 Å². The second-order valence-electron chi connectivity index (χ2n) is 3.65. The summed E-state index contributed by atoms with van der Waals surface area (Å²) in [4.78, 5) is 0. The van der Waals surface area contributed by atoms with Crippen LogP contribution in [0.5, 0.6) is 0 Å². The summed E-state index contributed by atoms with van der Waals surface area (Å²) < 4.78 is 3.96. The standard InChI is InChI=1S/2C7H11.Ru/c1-6(2)5-7(3)4;1-3-5-7-6-4-2;/h1,5H,2-4H3;3,5,7H,4H2,1-2H3;. The maximum absolute atomic E-state index is 2.39. The van der Waals surface area contributed by atoms with Crippen LogP contribution >= 0.6 is 0 Å². The number of rotatable bonds is 5. The van der Waals surface area contributed by atoms with Gasteiger partial charge in [0.05, 0.1) is 0 Å². The minimum absolute atomic E-state index is 0.257. The van der Waals surface area contributed by atoms with Gasteiger partial charge in [-0.2, -0.15) is 0 Å². The Hall–Kier alpha value is -0.417. The Morgan fingerprint density at radius 1 is 1.20 bits per heavy atom. The Kier molecular flexibility index (Phi) is 8.61. The van der Waals surface area contributed by atoms with E-state index < -0.39 is 0 Å². The Bertz CT molecular complexity index is 286. The summed E-state index contributed by atoms with van der Waals surface area (Å²) >= 11 is 0.257. The zero-order valence-corrected chi connectivity index (χ0v) is 12.2. The van der Waals surface area contributed by atoms with Gasteiger partial charge >= 0.3 is 102 Å². The van der Waals surface area contributed by atoms with Gasteiger partial charge in [-0.3, -0.25) is 0 Å². The minimum atomic E-state index is 0.257. The zero-order chi connectivity index (χ0) is 11.7. The molecule has 0 saturated heterocycles. The van der Waals surface area contributed by atoms with E-state index in [1.165, 1.54) is 17.6 Å². The number of allylic oxidation sites excluding steroid dienone is 7. The fourth-order valence-electron chi connectivity index (χ4n) is 1.05. The Morgan fingerprint density at radius 2 is 1.87 bits per heavy atom. The van der Waals surface area contributed by atoms with E-state index in [4.69, 9.17) is 0 Å². The summed E-state index contributed by atoms with van der Waals surface area (Å²) in [6, 6.07) is 0. The molecule has 0 saturated carbocycles. The normalized spacial score (nSPS) is 13.7. The van der Waals surface area contributed by atoms with Gasteiger partial charge in [0.25, 0.3) is 0 Å². The molecule has 0 atom stereocenters. The second-order valence-corrected chi connectivity index (χ2v) is 5.77. The molecule has 0 fully saturated rings. The third-order valence-electron chi connectivity index (χ3n) is 1.65. The quantitative estimate of drug-likeness (QED) is 0.504. The van der Waals surface area contributed by atoms with Gasteiger partial charge < -0.3 is 0 Å². The van der Waals surface area contributed by atoms with Crippen molar-refractivity contribution in [1.29, 1.82) is 0 Å². The van der Waals surface area contributed by atoms with E-state index in [1.807, 2.05) is 0 Å². The van der Waals surface area contributed by atoms with Crippen LogP contribution in [0.1, 0.15) is 41.0 Å². The molecule has 0 heterocycles. The van der Waals surface area contributed by atoms with Crippen LogP contribution in [0.25, 0.3) is 0 Å². The third kappa shape index (κ3) is 8.57. The summed E-state index contributed by atoms with van der Waals surface area (Å²) in [6.07, 6.45) is 9.89. The van der Waals surface area contributed by atoms with Crippen LogP contribution in [-0.2, 0) is 17.1 Å². The van der Waals surface area contributed by atoms with Crippen LogP contribution in [-0.4, -0.2) is 0 Å². The first-order chi connectivity index (χ1) is 7.10. The molecule has 0 nitrogen and oxygen atoms in total. The van der Waals surface area contributed by atoms with Crippen molar-refractivity contribution in [2.45, 2.75) is 41.0 Å². The molecule has 0 aromatic carbocycles. The van der Waals surface area contributed by atoms with Crippen LogP contribution < -0.4 is 0 Å². The van der Waals surface area contributed by atoms with E-state index in [9.17, 15) is 0 Å². The molecule has 15 heavy (non-hydrogen) atoms. The van der Waals surface area contributed by atoms with E-state index >= 15 is 0 Å². The molecule has 0 bridgehead atoms. The topological polar surface area (TPSA) is 0 Å². The summed E-state index contributed by atoms with van der Waals surface area (Å²) in [5.41, 5.74) is 2.77. The molecule has 0 N–H and O–H groups in total. The molecule has 0 amide bonds. The van der Waals surface area contributed by atoms with Gasteiger partial charge in [0.2, 0.25) is 0 Å². The molecule has 0 spiro atoms. The van der Waals surface area contributed by atoms with Crippen molar-refractivity contribution in [1.82, 2.24) is 0 Å². The first kappa shape index (κ1) is 14.6. The summed E-state index contributed by atoms with van der Waals surface area (Å²) in [7, 11) is 0. The van der Waals surface area contributed by atoms with E-state index in [2.05, 4.69) is 63.6 Å². The predicted molar refractivity (Wildman–Crippen MR) is 66.4 cm³/mol. The molecule has 0 aromatic heterocycles. The van der Waals surface area contributed by atoms with E-state index in [0.717, 1.165) is 0 Å². The van der Waals surface area contributed by atoms with Crippen molar-refractivity contribution in [3.05, 3.63) is 44.3 Å². The Morgan fingerprint density at radius 3 is 2.33 bits per heavy atom. The predicted octanol–water partition coefficient (Wildman–Crippen LogP) is 4.81. The van der Waals surface area contributed by atoms with Crippen molar-refractivity contribution < 1.29 is 17.1 Å². The molecule has 0 aliphatic heterocycles. The maximum atomic E-state index is 2.39. The average Bonchev–Trinajstić information content (AvgIpc) is 2.17. The molecule has 0 rings (SSSR count). The molecule has 0 unspecified atom stereocenters. The summed E-state index contributed by atoms with van der Waals surface area (Å²) in [6.45, 7) is 10.8. The average molecular weight is 291 g/mol. The SMILES string of the molecule is CC=CC=[C](CC)[Ru][CH]=C(C)C=C(C)C. The van der Waals surface area contributed by atoms with Gasteiger partial charge in [-0.25, -0.2) is 0 Å². The van der Waals surface area contributed by atoms with E-state index in [1.54, 1.807) is 4.17 Å². The van der Waals surface area contributed by atoms with Gasteiger partial charge in [0.1, 0.15) is 0 Å². The van der Waals surface area contributed by atoms with Crippen LogP contribution in [0, 0.1) is 0 Å². The number of hydrogen-bond acceptors (Lipinski definition) is 0. The summed E-state index contributed by atoms with van der Waals surface area (Å²) in [5, 5.41) is 0. The molecule has 0 radical (unpaired) electrons. The van der Waals surface area contributed by atoms with Gasteiger partial charge in [0, 0.05) is 0 Å². The van der Waals surface area contributed by atoms with Crippen molar-refractivity contribution in [2.75, 3.05) is 0 Å². The molecule has 0 aliphatic rings. The Balaban J connectivity index is 4.39.